The molecule has 0 saturated carbocycles. The molecule has 1 aromatic heterocycles. The summed E-state index contributed by atoms with van der Waals surface area (Å²) in [4.78, 5) is 3.98. The Morgan fingerprint density at radius 3 is 2.90 bits per heavy atom. The minimum atomic E-state index is -0.446. The van der Waals surface area contributed by atoms with Gasteiger partial charge in [-0.25, -0.2) is 9.37 Å². The van der Waals surface area contributed by atoms with Gasteiger partial charge in [0.2, 0.25) is 0 Å². The molecule has 0 aliphatic carbocycles. The molecule has 1 heterocycles. The van der Waals surface area contributed by atoms with Crippen molar-refractivity contribution in [3.8, 4) is 0 Å². The molecule has 0 amide bonds. The molecule has 1 N–H and O–H groups in total. The third-order valence-corrected chi connectivity index (χ3v) is 3.83. The summed E-state index contributed by atoms with van der Waals surface area (Å²) in [6.07, 6.45) is 6.39. The van der Waals surface area contributed by atoms with Crippen LogP contribution >= 0.6 is 23.2 Å². The van der Waals surface area contributed by atoms with E-state index in [1.54, 1.807) is 12.5 Å². The molecule has 108 valence electrons. The number of hydrogen-bond donors (Lipinski definition) is 1. The molecule has 1 atom stereocenters. The Bertz CT molecular complexity index is 558. The predicted octanol–water partition coefficient (Wildman–Crippen LogP) is 4.07. The molecular weight excluding hydrogens is 300 g/mol. The van der Waals surface area contributed by atoms with Crippen LogP contribution in [-0.4, -0.2) is 16.1 Å². The summed E-state index contributed by atoms with van der Waals surface area (Å²) in [6, 6.07) is 2.70. The topological polar surface area (TPSA) is 29.9 Å². The molecule has 0 saturated heterocycles. The maximum Gasteiger partial charge on any atom is 0.142 e. The van der Waals surface area contributed by atoms with Gasteiger partial charge in [-0.3, -0.25) is 0 Å². The van der Waals surface area contributed by atoms with Crippen LogP contribution in [0.4, 0.5) is 4.39 Å². The maximum absolute atomic E-state index is 13.5. The van der Waals surface area contributed by atoms with Crippen LogP contribution in [0.3, 0.4) is 0 Å². The van der Waals surface area contributed by atoms with E-state index in [4.69, 9.17) is 23.2 Å². The molecule has 0 aliphatic rings. The van der Waals surface area contributed by atoms with E-state index < -0.39 is 5.82 Å². The van der Waals surface area contributed by atoms with Crippen molar-refractivity contribution < 1.29 is 4.39 Å². The lowest BCUT2D eigenvalue weighted by Gasteiger charge is -2.17. The van der Waals surface area contributed by atoms with Gasteiger partial charge in [-0.15, -0.1) is 0 Å². The van der Waals surface area contributed by atoms with E-state index in [2.05, 4.69) is 10.3 Å². The Morgan fingerprint density at radius 1 is 1.40 bits per heavy atom. The largest absolute Gasteiger partial charge is 0.337 e. The lowest BCUT2D eigenvalue weighted by molar-refractivity contribution is 0.523. The van der Waals surface area contributed by atoms with Gasteiger partial charge in [-0.05, 0) is 32.0 Å². The van der Waals surface area contributed by atoms with Gasteiger partial charge in [0.1, 0.15) is 5.82 Å². The van der Waals surface area contributed by atoms with Gasteiger partial charge in [-0.2, -0.15) is 0 Å². The van der Waals surface area contributed by atoms with E-state index in [9.17, 15) is 4.39 Å². The SMILES string of the molecule is CC(NCCCn1ccnc1)c1c(Cl)ccc(F)c1Cl. The highest BCUT2D eigenvalue weighted by atomic mass is 35.5. The number of benzene rings is 1. The van der Waals surface area contributed by atoms with E-state index in [0.29, 0.717) is 10.6 Å². The number of hydrogen-bond acceptors (Lipinski definition) is 2. The number of imidazole rings is 1. The molecule has 0 spiro atoms. The maximum atomic E-state index is 13.5. The smallest absolute Gasteiger partial charge is 0.142 e. The second kappa shape index (κ2) is 7.07. The van der Waals surface area contributed by atoms with E-state index in [1.807, 2.05) is 17.7 Å². The molecule has 0 aliphatic heterocycles. The van der Waals surface area contributed by atoms with Crippen LogP contribution in [0.2, 0.25) is 10.0 Å². The van der Waals surface area contributed by atoms with E-state index in [1.165, 1.54) is 12.1 Å². The lowest BCUT2D eigenvalue weighted by atomic mass is 10.1. The zero-order valence-corrected chi connectivity index (χ0v) is 12.6. The zero-order chi connectivity index (χ0) is 14.5. The van der Waals surface area contributed by atoms with Gasteiger partial charge in [0.15, 0.2) is 0 Å². The Labute approximate surface area is 127 Å². The minimum absolute atomic E-state index is 0.0899. The number of halogens is 3. The third-order valence-electron chi connectivity index (χ3n) is 3.12. The molecule has 0 bridgehead atoms. The Kier molecular flexibility index (Phi) is 5.40. The average molecular weight is 316 g/mol. The third kappa shape index (κ3) is 3.72. The lowest BCUT2D eigenvalue weighted by Crippen LogP contribution is -2.21. The summed E-state index contributed by atoms with van der Waals surface area (Å²) in [7, 11) is 0. The highest BCUT2D eigenvalue weighted by Crippen LogP contribution is 2.32. The predicted molar refractivity (Wildman–Crippen MR) is 79.7 cm³/mol. The first kappa shape index (κ1) is 15.3. The number of nitrogens with zero attached hydrogens (tertiary/aromatic N) is 2. The molecule has 2 aromatic rings. The van der Waals surface area contributed by atoms with Gasteiger partial charge < -0.3 is 9.88 Å². The van der Waals surface area contributed by atoms with Gasteiger partial charge in [0.25, 0.3) is 0 Å². The minimum Gasteiger partial charge on any atom is -0.337 e. The highest BCUT2D eigenvalue weighted by Gasteiger charge is 2.16. The molecule has 3 nitrogen and oxygen atoms in total. The molecule has 1 aromatic carbocycles. The number of aromatic nitrogens is 2. The van der Waals surface area contributed by atoms with Crippen LogP contribution in [0.5, 0.6) is 0 Å². The van der Waals surface area contributed by atoms with Crippen molar-refractivity contribution in [2.24, 2.45) is 0 Å². The Morgan fingerprint density at radius 2 is 2.20 bits per heavy atom. The fraction of sp³-hybridized carbons (Fsp3) is 0.357. The number of nitrogens with one attached hydrogen (secondary N) is 1. The summed E-state index contributed by atoms with van der Waals surface area (Å²) in [5.41, 5.74) is 0.607. The van der Waals surface area contributed by atoms with Crippen LogP contribution in [-0.2, 0) is 6.54 Å². The van der Waals surface area contributed by atoms with Crippen molar-refractivity contribution in [2.45, 2.75) is 25.9 Å². The highest BCUT2D eigenvalue weighted by molar-refractivity contribution is 6.36. The first-order valence-electron chi connectivity index (χ1n) is 6.42. The van der Waals surface area contributed by atoms with Crippen LogP contribution in [0.15, 0.2) is 30.9 Å². The van der Waals surface area contributed by atoms with E-state index in [-0.39, 0.29) is 11.1 Å². The first-order valence-corrected chi connectivity index (χ1v) is 7.17. The van der Waals surface area contributed by atoms with Crippen molar-refractivity contribution >= 4 is 23.2 Å². The molecule has 0 fully saturated rings. The molecule has 0 radical (unpaired) electrons. The van der Waals surface area contributed by atoms with E-state index in [0.717, 1.165) is 19.5 Å². The summed E-state index contributed by atoms with van der Waals surface area (Å²) in [6.45, 7) is 3.58. The van der Waals surface area contributed by atoms with Gasteiger partial charge >= 0.3 is 0 Å². The molecule has 6 heteroatoms. The van der Waals surface area contributed by atoms with Crippen molar-refractivity contribution in [3.05, 3.63) is 52.3 Å². The molecule has 1 unspecified atom stereocenters. The van der Waals surface area contributed by atoms with Gasteiger partial charge in [0, 0.05) is 35.6 Å². The summed E-state index contributed by atoms with van der Waals surface area (Å²) in [5.74, 6) is -0.446. The van der Waals surface area contributed by atoms with Crippen molar-refractivity contribution in [2.75, 3.05) is 6.54 Å². The second-order valence-electron chi connectivity index (χ2n) is 4.59. The number of aryl methyl sites for hydroxylation is 1. The quantitative estimate of drug-likeness (QED) is 0.643. The molecular formula is C14H16Cl2FN3. The number of rotatable bonds is 6. The van der Waals surface area contributed by atoms with Crippen LogP contribution in [0, 0.1) is 5.82 Å². The average Bonchev–Trinajstić information content (AvgIpc) is 2.93. The normalized spacial score (nSPS) is 12.6. The first-order chi connectivity index (χ1) is 9.59. The van der Waals surface area contributed by atoms with Crippen LogP contribution in [0.25, 0.3) is 0 Å². The fourth-order valence-electron chi connectivity index (χ4n) is 2.04. The second-order valence-corrected chi connectivity index (χ2v) is 5.37. The Hall–Kier alpha value is -1.10. The van der Waals surface area contributed by atoms with Crippen molar-refractivity contribution in [1.29, 1.82) is 0 Å². The Balaban J connectivity index is 1.89. The summed E-state index contributed by atoms with van der Waals surface area (Å²) < 4.78 is 15.5. The van der Waals surface area contributed by atoms with Crippen molar-refractivity contribution in [3.63, 3.8) is 0 Å². The van der Waals surface area contributed by atoms with E-state index >= 15 is 0 Å². The van der Waals surface area contributed by atoms with Gasteiger partial charge in [0.05, 0.1) is 11.3 Å². The standard InChI is InChI=1S/C14H16Cl2FN3/c1-10(13-11(15)3-4-12(17)14(13)16)19-5-2-7-20-8-6-18-9-20/h3-4,6,8-10,19H,2,5,7H2,1H3. The van der Waals surface area contributed by atoms with Crippen molar-refractivity contribution in [1.82, 2.24) is 14.9 Å². The molecule has 2 rings (SSSR count). The monoisotopic (exact) mass is 315 g/mol. The van der Waals surface area contributed by atoms with Crippen LogP contribution < -0.4 is 5.32 Å². The molecule has 20 heavy (non-hydrogen) atoms. The summed E-state index contributed by atoms with van der Waals surface area (Å²) >= 11 is 12.1. The van der Waals surface area contributed by atoms with Crippen LogP contribution in [0.1, 0.15) is 24.9 Å². The summed E-state index contributed by atoms with van der Waals surface area (Å²) in [5, 5.41) is 3.87. The van der Waals surface area contributed by atoms with Gasteiger partial charge in [-0.1, -0.05) is 23.2 Å². The fourth-order valence-corrected chi connectivity index (χ4v) is 2.74. The zero-order valence-electron chi connectivity index (χ0n) is 11.1.